The summed E-state index contributed by atoms with van der Waals surface area (Å²) in [5.41, 5.74) is 3.99. The third-order valence-electron chi connectivity index (χ3n) is 8.18. The van der Waals surface area contributed by atoms with Crippen LogP contribution in [0, 0.1) is 0 Å². The first-order chi connectivity index (χ1) is 20.3. The Morgan fingerprint density at radius 1 is 1.02 bits per heavy atom. The molecule has 1 saturated heterocycles. The van der Waals surface area contributed by atoms with Crippen LogP contribution in [0.15, 0.2) is 42.6 Å². The van der Waals surface area contributed by atoms with Gasteiger partial charge in [-0.1, -0.05) is 40.5 Å². The van der Waals surface area contributed by atoms with Gasteiger partial charge in [-0.15, -0.1) is 5.10 Å². The third-order valence-corrected chi connectivity index (χ3v) is 8.73. The molecule has 9 nitrogen and oxygen atoms in total. The highest BCUT2D eigenvalue weighted by atomic mass is 35.5. The van der Waals surface area contributed by atoms with E-state index in [-0.39, 0.29) is 30.1 Å². The average Bonchev–Trinajstić information content (AvgIpc) is 3.36. The zero-order valence-corrected chi connectivity index (χ0v) is 27.2. The standard InChI is InChI=1S/C32H40Cl2N6O3/c1-20-15-37(31(42)43-32(4,5)6)16-21(2)40(20)19-26-18-38(36-35-26)17-23-8-7-9-24(12-23)30(41)39-11-10-27-28(22(39)3)13-25(33)14-29(27)34/h7-9,12-14,18,20-22H,10-11,15-17,19H2,1-6H3/t20-,21+,22?. The van der Waals surface area contributed by atoms with E-state index in [0.717, 1.165) is 22.4 Å². The van der Waals surface area contributed by atoms with E-state index in [1.807, 2.05) is 69.1 Å². The van der Waals surface area contributed by atoms with Crippen molar-refractivity contribution >= 4 is 35.2 Å². The highest BCUT2D eigenvalue weighted by Gasteiger charge is 2.34. The number of ether oxygens (including phenoxy) is 1. The number of nitrogens with zero attached hydrogens (tertiary/aromatic N) is 6. The number of piperazine rings is 1. The smallest absolute Gasteiger partial charge is 0.410 e. The second kappa shape index (κ2) is 12.5. The van der Waals surface area contributed by atoms with Crippen LogP contribution in [-0.4, -0.2) is 79.0 Å². The minimum atomic E-state index is -0.520. The molecular weight excluding hydrogens is 587 g/mol. The van der Waals surface area contributed by atoms with Crippen LogP contribution in [0.4, 0.5) is 4.79 Å². The summed E-state index contributed by atoms with van der Waals surface area (Å²) < 4.78 is 7.38. The molecule has 3 heterocycles. The largest absolute Gasteiger partial charge is 0.444 e. The molecule has 0 radical (unpaired) electrons. The van der Waals surface area contributed by atoms with Gasteiger partial charge >= 0.3 is 6.09 Å². The van der Waals surface area contributed by atoms with Gasteiger partial charge in [0.2, 0.25) is 0 Å². The van der Waals surface area contributed by atoms with Crippen molar-refractivity contribution in [1.29, 1.82) is 0 Å². The Labute approximate surface area is 263 Å². The first-order valence-corrected chi connectivity index (χ1v) is 15.5. The molecular formula is C32H40Cl2N6O3. The first kappa shape index (κ1) is 31.3. The number of fused-ring (bicyclic) bond motifs is 1. The number of carbonyl (C=O) groups is 2. The number of rotatable bonds is 5. The predicted octanol–water partition coefficient (Wildman–Crippen LogP) is 6.22. The SMILES string of the molecule is CC1c2cc(Cl)cc(Cl)c2CCN1C(=O)c1cccc(Cn2cc(CN3[C@H](C)CN(C(=O)OC(C)(C)C)C[C@@H]3C)nn2)c1. The molecule has 43 heavy (non-hydrogen) atoms. The molecule has 2 amide bonds. The zero-order chi connectivity index (χ0) is 31.1. The lowest BCUT2D eigenvalue weighted by Crippen LogP contribution is -2.58. The van der Waals surface area contributed by atoms with Gasteiger partial charge in [0.1, 0.15) is 5.60 Å². The molecule has 2 aromatic carbocycles. The van der Waals surface area contributed by atoms with Gasteiger partial charge in [0.05, 0.1) is 24.5 Å². The molecule has 230 valence electrons. The van der Waals surface area contributed by atoms with Crippen LogP contribution < -0.4 is 0 Å². The third kappa shape index (κ3) is 7.16. The fraction of sp³-hybridized carbons (Fsp3) is 0.500. The number of hydrogen-bond acceptors (Lipinski definition) is 6. The molecule has 0 spiro atoms. The van der Waals surface area contributed by atoms with Crippen molar-refractivity contribution in [2.75, 3.05) is 19.6 Å². The summed E-state index contributed by atoms with van der Waals surface area (Å²) in [6, 6.07) is 11.5. The number of benzene rings is 2. The van der Waals surface area contributed by atoms with E-state index >= 15 is 0 Å². The van der Waals surface area contributed by atoms with Gasteiger partial charge in [0, 0.05) is 53.9 Å². The Balaban J connectivity index is 1.22. The highest BCUT2D eigenvalue weighted by molar-refractivity contribution is 6.35. The van der Waals surface area contributed by atoms with Gasteiger partial charge in [0.15, 0.2) is 0 Å². The number of amides is 2. The van der Waals surface area contributed by atoms with Gasteiger partial charge in [-0.25, -0.2) is 9.48 Å². The van der Waals surface area contributed by atoms with Gasteiger partial charge in [0.25, 0.3) is 5.91 Å². The van der Waals surface area contributed by atoms with Gasteiger partial charge in [-0.05, 0) is 88.9 Å². The maximum atomic E-state index is 13.6. The number of carbonyl (C=O) groups excluding carboxylic acids is 2. The maximum Gasteiger partial charge on any atom is 0.410 e. The quantitative estimate of drug-likeness (QED) is 0.334. The fourth-order valence-corrected chi connectivity index (χ4v) is 6.71. The van der Waals surface area contributed by atoms with E-state index in [2.05, 4.69) is 29.1 Å². The van der Waals surface area contributed by atoms with Crippen molar-refractivity contribution in [3.8, 4) is 0 Å². The number of hydrogen-bond donors (Lipinski definition) is 0. The van der Waals surface area contributed by atoms with Crippen molar-refractivity contribution in [3.05, 3.63) is 80.6 Å². The molecule has 1 aromatic heterocycles. The van der Waals surface area contributed by atoms with E-state index in [1.165, 1.54) is 0 Å². The maximum absolute atomic E-state index is 13.6. The Bertz CT molecular complexity index is 1490. The Hall–Kier alpha value is -3.14. The normalized spacial score (nSPS) is 21.1. The minimum absolute atomic E-state index is 0.0242. The molecule has 0 N–H and O–H groups in total. The lowest BCUT2D eigenvalue weighted by molar-refractivity contribution is -0.00997. The van der Waals surface area contributed by atoms with Crippen LogP contribution in [0.5, 0.6) is 0 Å². The zero-order valence-electron chi connectivity index (χ0n) is 25.7. The molecule has 11 heteroatoms. The van der Waals surface area contributed by atoms with E-state index in [9.17, 15) is 9.59 Å². The number of aromatic nitrogens is 3. The van der Waals surface area contributed by atoms with Crippen LogP contribution in [0.3, 0.4) is 0 Å². The summed E-state index contributed by atoms with van der Waals surface area (Å²) in [6.45, 7) is 14.8. The molecule has 1 unspecified atom stereocenters. The molecule has 0 aliphatic carbocycles. The molecule has 3 aromatic rings. The molecule has 0 saturated carbocycles. The predicted molar refractivity (Wildman–Crippen MR) is 167 cm³/mol. The summed E-state index contributed by atoms with van der Waals surface area (Å²) >= 11 is 12.7. The second-order valence-electron chi connectivity index (χ2n) is 12.7. The Morgan fingerprint density at radius 2 is 1.74 bits per heavy atom. The second-order valence-corrected chi connectivity index (χ2v) is 13.6. The van der Waals surface area contributed by atoms with Gasteiger partial charge < -0.3 is 14.5 Å². The highest BCUT2D eigenvalue weighted by Crippen LogP contribution is 2.36. The Kier molecular flexibility index (Phi) is 9.07. The van der Waals surface area contributed by atoms with Crippen LogP contribution in [0.1, 0.15) is 80.3 Å². The molecule has 2 aliphatic heterocycles. The lowest BCUT2D eigenvalue weighted by atomic mass is 9.92. The summed E-state index contributed by atoms with van der Waals surface area (Å²) in [6.07, 6.45) is 2.37. The van der Waals surface area contributed by atoms with E-state index in [1.54, 1.807) is 15.6 Å². The van der Waals surface area contributed by atoms with E-state index < -0.39 is 5.60 Å². The average molecular weight is 628 g/mol. The molecule has 3 atom stereocenters. The Morgan fingerprint density at radius 3 is 2.44 bits per heavy atom. The van der Waals surface area contributed by atoms with Crippen molar-refractivity contribution in [1.82, 2.24) is 29.7 Å². The van der Waals surface area contributed by atoms with E-state index in [0.29, 0.717) is 54.8 Å². The molecule has 5 rings (SSSR count). The van der Waals surface area contributed by atoms with Gasteiger partial charge in [-0.3, -0.25) is 9.69 Å². The van der Waals surface area contributed by atoms with Crippen LogP contribution >= 0.6 is 23.2 Å². The van der Waals surface area contributed by atoms with Crippen molar-refractivity contribution in [2.24, 2.45) is 0 Å². The van der Waals surface area contributed by atoms with Crippen molar-refractivity contribution < 1.29 is 14.3 Å². The van der Waals surface area contributed by atoms with Crippen molar-refractivity contribution in [3.63, 3.8) is 0 Å². The fourth-order valence-electron chi connectivity index (χ4n) is 6.11. The molecule has 2 aliphatic rings. The first-order valence-electron chi connectivity index (χ1n) is 14.8. The van der Waals surface area contributed by atoms with Crippen LogP contribution in [-0.2, 0) is 24.2 Å². The summed E-state index contributed by atoms with van der Waals surface area (Å²) in [7, 11) is 0. The summed E-state index contributed by atoms with van der Waals surface area (Å²) in [4.78, 5) is 32.2. The van der Waals surface area contributed by atoms with E-state index in [4.69, 9.17) is 27.9 Å². The number of halogens is 2. The topological polar surface area (TPSA) is 83.8 Å². The van der Waals surface area contributed by atoms with Crippen molar-refractivity contribution in [2.45, 2.75) is 84.8 Å². The van der Waals surface area contributed by atoms with Crippen LogP contribution in [0.25, 0.3) is 0 Å². The van der Waals surface area contributed by atoms with Crippen LogP contribution in [0.2, 0.25) is 10.0 Å². The van der Waals surface area contributed by atoms with Gasteiger partial charge in [-0.2, -0.15) is 0 Å². The monoisotopic (exact) mass is 626 g/mol. The molecule has 0 bridgehead atoms. The lowest BCUT2D eigenvalue weighted by Gasteiger charge is -2.44. The summed E-state index contributed by atoms with van der Waals surface area (Å²) in [5.74, 6) is -0.0242. The summed E-state index contributed by atoms with van der Waals surface area (Å²) in [5, 5.41) is 10.0. The molecule has 1 fully saturated rings. The minimum Gasteiger partial charge on any atom is -0.444 e.